The number of allylic oxidation sites excluding steroid dienone is 1. The summed E-state index contributed by atoms with van der Waals surface area (Å²) in [6.45, 7) is 7.91. The predicted octanol–water partition coefficient (Wildman–Crippen LogP) is 3.36. The third kappa shape index (κ3) is 9.67. The Labute approximate surface area is 93.7 Å². The van der Waals surface area contributed by atoms with Crippen LogP contribution in [0.5, 0.6) is 0 Å². The van der Waals surface area contributed by atoms with E-state index in [-0.39, 0.29) is 0 Å². The van der Waals surface area contributed by atoms with E-state index in [2.05, 4.69) is 26.8 Å². The van der Waals surface area contributed by atoms with Gasteiger partial charge in [0.05, 0.1) is 6.61 Å². The molecule has 0 aromatic heterocycles. The molecule has 0 aromatic rings. The molecule has 1 atom stereocenters. The molecule has 0 saturated heterocycles. The van der Waals surface area contributed by atoms with Gasteiger partial charge in [-0.05, 0) is 32.1 Å². The highest BCUT2D eigenvalue weighted by Crippen LogP contribution is 2.10. The molecule has 0 radical (unpaired) electrons. The summed E-state index contributed by atoms with van der Waals surface area (Å²) in [4.78, 5) is 10.3. The highest BCUT2D eigenvalue weighted by Gasteiger charge is 1.99. The summed E-state index contributed by atoms with van der Waals surface area (Å²) >= 11 is 0. The monoisotopic (exact) mass is 212 g/mol. The SMILES string of the molecule is CCCOC/C(C)=C\CCC(C)CC=O. The van der Waals surface area contributed by atoms with Gasteiger partial charge in [0.25, 0.3) is 0 Å². The molecule has 0 spiro atoms. The molecule has 2 heteroatoms. The molecule has 0 N–H and O–H groups in total. The van der Waals surface area contributed by atoms with E-state index in [9.17, 15) is 4.79 Å². The van der Waals surface area contributed by atoms with Crippen LogP contribution in [-0.4, -0.2) is 19.5 Å². The number of hydrogen-bond acceptors (Lipinski definition) is 2. The summed E-state index contributed by atoms with van der Waals surface area (Å²) in [5.41, 5.74) is 1.29. The minimum absolute atomic E-state index is 0.503. The van der Waals surface area contributed by atoms with Gasteiger partial charge in [-0.3, -0.25) is 0 Å². The Morgan fingerprint density at radius 3 is 2.80 bits per heavy atom. The molecule has 0 aromatic carbocycles. The van der Waals surface area contributed by atoms with Gasteiger partial charge >= 0.3 is 0 Å². The molecule has 0 saturated carbocycles. The lowest BCUT2D eigenvalue weighted by molar-refractivity contribution is -0.108. The number of hydrogen-bond donors (Lipinski definition) is 0. The second kappa shape index (κ2) is 9.91. The summed E-state index contributed by atoms with van der Waals surface area (Å²) < 4.78 is 5.43. The van der Waals surface area contributed by atoms with E-state index in [1.165, 1.54) is 5.57 Å². The van der Waals surface area contributed by atoms with E-state index < -0.39 is 0 Å². The van der Waals surface area contributed by atoms with Crippen LogP contribution < -0.4 is 0 Å². The number of carbonyl (C=O) groups excluding carboxylic acids is 1. The fourth-order valence-electron chi connectivity index (χ4n) is 1.33. The lowest BCUT2D eigenvalue weighted by Crippen LogP contribution is -1.98. The second-order valence-corrected chi connectivity index (χ2v) is 4.19. The maximum atomic E-state index is 10.3. The molecule has 0 rings (SSSR count). The molecular weight excluding hydrogens is 188 g/mol. The van der Waals surface area contributed by atoms with Crippen LogP contribution in [0.15, 0.2) is 11.6 Å². The average Bonchev–Trinajstić information content (AvgIpc) is 2.18. The molecule has 15 heavy (non-hydrogen) atoms. The Morgan fingerprint density at radius 2 is 2.20 bits per heavy atom. The molecule has 0 fully saturated rings. The van der Waals surface area contributed by atoms with Crippen molar-refractivity contribution in [2.75, 3.05) is 13.2 Å². The lowest BCUT2D eigenvalue weighted by Gasteiger charge is -2.06. The van der Waals surface area contributed by atoms with Crippen molar-refractivity contribution in [3.63, 3.8) is 0 Å². The standard InChI is InChI=1S/C13H24O2/c1-4-10-15-11-13(3)7-5-6-12(2)8-9-14/h7,9,12H,4-6,8,10-11H2,1-3H3/b13-7-. The van der Waals surface area contributed by atoms with Crippen molar-refractivity contribution >= 4 is 6.29 Å². The van der Waals surface area contributed by atoms with Gasteiger partial charge in [0.1, 0.15) is 6.29 Å². The Balaban J connectivity index is 3.52. The van der Waals surface area contributed by atoms with Crippen LogP contribution in [0.1, 0.15) is 46.5 Å². The Hall–Kier alpha value is -0.630. The smallest absolute Gasteiger partial charge is 0.120 e. The zero-order chi connectivity index (χ0) is 11.5. The van der Waals surface area contributed by atoms with Gasteiger partial charge in [0.2, 0.25) is 0 Å². The average molecular weight is 212 g/mol. The first-order chi connectivity index (χ1) is 7.20. The van der Waals surface area contributed by atoms with Crippen molar-refractivity contribution in [1.29, 1.82) is 0 Å². The fraction of sp³-hybridized carbons (Fsp3) is 0.769. The Bertz CT molecular complexity index is 185. The zero-order valence-electron chi connectivity index (χ0n) is 10.3. The summed E-state index contributed by atoms with van der Waals surface area (Å²) in [6.07, 6.45) is 7.12. The largest absolute Gasteiger partial charge is 0.377 e. The van der Waals surface area contributed by atoms with Crippen molar-refractivity contribution in [1.82, 2.24) is 0 Å². The fourth-order valence-corrected chi connectivity index (χ4v) is 1.33. The van der Waals surface area contributed by atoms with Crippen molar-refractivity contribution in [2.24, 2.45) is 5.92 Å². The van der Waals surface area contributed by atoms with Crippen LogP contribution in [0.25, 0.3) is 0 Å². The van der Waals surface area contributed by atoms with Crippen LogP contribution in [0.4, 0.5) is 0 Å². The van der Waals surface area contributed by atoms with Crippen molar-refractivity contribution in [3.8, 4) is 0 Å². The zero-order valence-corrected chi connectivity index (χ0v) is 10.3. The second-order valence-electron chi connectivity index (χ2n) is 4.19. The van der Waals surface area contributed by atoms with Gasteiger partial charge in [-0.2, -0.15) is 0 Å². The maximum absolute atomic E-state index is 10.3. The van der Waals surface area contributed by atoms with Gasteiger partial charge in [-0.1, -0.05) is 25.5 Å². The molecule has 2 nitrogen and oxygen atoms in total. The quantitative estimate of drug-likeness (QED) is 0.333. The van der Waals surface area contributed by atoms with E-state index in [0.717, 1.165) is 38.8 Å². The van der Waals surface area contributed by atoms with E-state index in [0.29, 0.717) is 12.3 Å². The summed E-state index contributed by atoms with van der Waals surface area (Å²) in [5.74, 6) is 0.503. The molecule has 0 amide bonds. The summed E-state index contributed by atoms with van der Waals surface area (Å²) in [6, 6.07) is 0. The molecule has 0 aliphatic carbocycles. The molecule has 1 unspecified atom stereocenters. The highest BCUT2D eigenvalue weighted by molar-refractivity contribution is 5.49. The van der Waals surface area contributed by atoms with E-state index in [1.54, 1.807) is 0 Å². The number of rotatable bonds is 9. The van der Waals surface area contributed by atoms with Crippen molar-refractivity contribution < 1.29 is 9.53 Å². The Morgan fingerprint density at radius 1 is 1.47 bits per heavy atom. The number of aldehydes is 1. The molecular formula is C13H24O2. The maximum Gasteiger partial charge on any atom is 0.120 e. The first-order valence-corrected chi connectivity index (χ1v) is 5.87. The van der Waals surface area contributed by atoms with Crippen LogP contribution >= 0.6 is 0 Å². The van der Waals surface area contributed by atoms with Crippen LogP contribution in [0.2, 0.25) is 0 Å². The molecule has 0 aliphatic rings. The predicted molar refractivity (Wildman–Crippen MR) is 63.9 cm³/mol. The first-order valence-electron chi connectivity index (χ1n) is 5.87. The molecule has 0 bridgehead atoms. The summed E-state index contributed by atoms with van der Waals surface area (Å²) in [7, 11) is 0. The first kappa shape index (κ1) is 14.4. The third-order valence-corrected chi connectivity index (χ3v) is 2.33. The number of carbonyl (C=O) groups is 1. The minimum atomic E-state index is 0.503. The van der Waals surface area contributed by atoms with Crippen LogP contribution in [0.3, 0.4) is 0 Å². The van der Waals surface area contributed by atoms with Gasteiger partial charge in [0, 0.05) is 13.0 Å². The van der Waals surface area contributed by atoms with Crippen LogP contribution in [0, 0.1) is 5.92 Å². The molecule has 0 aliphatic heterocycles. The van der Waals surface area contributed by atoms with Crippen LogP contribution in [-0.2, 0) is 9.53 Å². The Kier molecular flexibility index (Phi) is 9.49. The minimum Gasteiger partial charge on any atom is -0.377 e. The van der Waals surface area contributed by atoms with Gasteiger partial charge in [0.15, 0.2) is 0 Å². The van der Waals surface area contributed by atoms with Gasteiger partial charge < -0.3 is 9.53 Å². The topological polar surface area (TPSA) is 26.3 Å². The third-order valence-electron chi connectivity index (χ3n) is 2.33. The van der Waals surface area contributed by atoms with Crippen molar-refractivity contribution in [3.05, 3.63) is 11.6 Å². The lowest BCUT2D eigenvalue weighted by atomic mass is 10.0. The van der Waals surface area contributed by atoms with E-state index in [1.807, 2.05) is 0 Å². The summed E-state index contributed by atoms with van der Waals surface area (Å²) in [5, 5.41) is 0. The van der Waals surface area contributed by atoms with Gasteiger partial charge in [-0.15, -0.1) is 0 Å². The van der Waals surface area contributed by atoms with E-state index in [4.69, 9.17) is 4.74 Å². The molecule has 0 heterocycles. The molecule has 88 valence electrons. The number of ether oxygens (including phenoxy) is 1. The van der Waals surface area contributed by atoms with Gasteiger partial charge in [-0.25, -0.2) is 0 Å². The normalized spacial score (nSPS) is 13.9. The van der Waals surface area contributed by atoms with Crippen molar-refractivity contribution in [2.45, 2.75) is 46.5 Å². The highest BCUT2D eigenvalue weighted by atomic mass is 16.5. The van der Waals surface area contributed by atoms with E-state index >= 15 is 0 Å².